The van der Waals surface area contributed by atoms with E-state index >= 15 is 0 Å². The summed E-state index contributed by atoms with van der Waals surface area (Å²) in [6.45, 7) is 5.00. The fraction of sp³-hybridized carbons (Fsp3) is 0.444. The molecule has 7 heteroatoms. The van der Waals surface area contributed by atoms with Crippen molar-refractivity contribution in [2.24, 2.45) is 0 Å². The summed E-state index contributed by atoms with van der Waals surface area (Å²) >= 11 is 0. The Bertz CT molecular complexity index is 728. The minimum absolute atomic E-state index is 0.0431. The van der Waals surface area contributed by atoms with Crippen LogP contribution in [0.1, 0.15) is 34.7 Å². The summed E-state index contributed by atoms with van der Waals surface area (Å²) in [6, 6.07) is 5.24. The molecule has 0 saturated carbocycles. The average molecular weight is 342 g/mol. The Morgan fingerprint density at radius 1 is 1.24 bits per heavy atom. The largest absolute Gasteiger partial charge is 0.481 e. The first-order valence-electron chi connectivity index (χ1n) is 8.33. The molecule has 1 aliphatic heterocycles. The molecular weight excluding hydrogens is 320 g/mol. The maximum atomic E-state index is 12.7. The second-order valence-electron chi connectivity index (χ2n) is 6.12. The zero-order valence-corrected chi connectivity index (χ0v) is 14.7. The van der Waals surface area contributed by atoms with Crippen molar-refractivity contribution < 1.29 is 14.3 Å². The molecule has 3 rings (SSSR count). The highest BCUT2D eigenvalue weighted by atomic mass is 16.5. The van der Waals surface area contributed by atoms with Gasteiger partial charge in [-0.05, 0) is 32.8 Å². The molecule has 0 unspecified atom stereocenters. The molecule has 1 saturated heterocycles. The zero-order valence-electron chi connectivity index (χ0n) is 14.7. The number of amides is 1. The second-order valence-corrected chi connectivity index (χ2v) is 6.12. The van der Waals surface area contributed by atoms with Crippen LogP contribution in [0.2, 0.25) is 0 Å². The van der Waals surface area contributed by atoms with E-state index in [-0.39, 0.29) is 12.0 Å². The molecule has 1 amide bonds. The van der Waals surface area contributed by atoms with E-state index < -0.39 is 0 Å². The molecule has 0 spiro atoms. The highest BCUT2D eigenvalue weighted by molar-refractivity contribution is 5.94. The van der Waals surface area contributed by atoms with Gasteiger partial charge in [-0.15, -0.1) is 0 Å². The maximum Gasteiger partial charge on any atom is 0.255 e. The zero-order chi connectivity index (χ0) is 17.8. The lowest BCUT2D eigenvalue weighted by atomic mass is 10.1. The minimum atomic E-state index is -0.0717. The fourth-order valence-corrected chi connectivity index (χ4v) is 2.94. The number of likely N-dealkylation sites (tertiary alicyclic amines) is 1. The number of carbonyl (C=O) groups is 1. The van der Waals surface area contributed by atoms with Gasteiger partial charge in [-0.2, -0.15) is 4.98 Å². The van der Waals surface area contributed by atoms with Crippen LogP contribution in [0.5, 0.6) is 11.8 Å². The van der Waals surface area contributed by atoms with Crippen molar-refractivity contribution in [3.63, 3.8) is 0 Å². The van der Waals surface area contributed by atoms with Gasteiger partial charge in [-0.25, -0.2) is 9.97 Å². The highest BCUT2D eigenvalue weighted by Crippen LogP contribution is 2.19. The summed E-state index contributed by atoms with van der Waals surface area (Å²) in [4.78, 5) is 27.1. The van der Waals surface area contributed by atoms with Gasteiger partial charge in [-0.3, -0.25) is 4.79 Å². The molecule has 2 aromatic heterocycles. The number of ether oxygens (including phenoxy) is 2. The van der Waals surface area contributed by atoms with Gasteiger partial charge in [0.25, 0.3) is 5.91 Å². The monoisotopic (exact) mass is 342 g/mol. The van der Waals surface area contributed by atoms with E-state index in [0.717, 1.165) is 18.5 Å². The van der Waals surface area contributed by atoms with Gasteiger partial charge < -0.3 is 14.4 Å². The van der Waals surface area contributed by atoms with Crippen molar-refractivity contribution in [1.82, 2.24) is 19.9 Å². The summed E-state index contributed by atoms with van der Waals surface area (Å²) in [5.41, 5.74) is 1.42. The van der Waals surface area contributed by atoms with Crippen LogP contribution >= 0.6 is 0 Å². The highest BCUT2D eigenvalue weighted by Gasteiger charge is 2.26. The molecule has 0 aliphatic carbocycles. The lowest BCUT2D eigenvalue weighted by Crippen LogP contribution is -2.44. The van der Waals surface area contributed by atoms with Gasteiger partial charge >= 0.3 is 0 Å². The van der Waals surface area contributed by atoms with Gasteiger partial charge in [0.05, 0.1) is 19.2 Å². The molecule has 1 aliphatic rings. The molecule has 2 aromatic rings. The molecule has 3 heterocycles. The van der Waals surface area contributed by atoms with Crippen LogP contribution in [0, 0.1) is 13.8 Å². The predicted octanol–water partition coefficient (Wildman–Crippen LogP) is 2.18. The predicted molar refractivity (Wildman–Crippen MR) is 91.8 cm³/mol. The first-order chi connectivity index (χ1) is 12.0. The van der Waals surface area contributed by atoms with Gasteiger partial charge in [-0.1, -0.05) is 0 Å². The molecule has 132 valence electrons. The number of rotatable bonds is 4. The molecule has 0 bridgehead atoms. The third-order valence-electron chi connectivity index (χ3n) is 4.09. The summed E-state index contributed by atoms with van der Waals surface area (Å²) in [5.74, 6) is 1.70. The van der Waals surface area contributed by atoms with Crippen molar-refractivity contribution in [2.45, 2.75) is 32.8 Å². The number of methoxy groups -OCH3 is 1. The molecular formula is C18H22N4O3. The van der Waals surface area contributed by atoms with E-state index in [1.54, 1.807) is 30.3 Å². The van der Waals surface area contributed by atoms with Crippen molar-refractivity contribution in [3.8, 4) is 11.8 Å². The van der Waals surface area contributed by atoms with Crippen LogP contribution in [0.4, 0.5) is 0 Å². The van der Waals surface area contributed by atoms with E-state index in [2.05, 4.69) is 15.0 Å². The van der Waals surface area contributed by atoms with E-state index in [1.165, 1.54) is 0 Å². The Morgan fingerprint density at radius 3 is 2.76 bits per heavy atom. The van der Waals surface area contributed by atoms with Crippen LogP contribution in [-0.2, 0) is 0 Å². The number of aryl methyl sites for hydroxylation is 2. The summed E-state index contributed by atoms with van der Waals surface area (Å²) in [7, 11) is 1.55. The second kappa shape index (κ2) is 7.46. The number of hydrogen-bond donors (Lipinski definition) is 0. The van der Waals surface area contributed by atoms with Gasteiger partial charge in [0.15, 0.2) is 0 Å². The normalized spacial score (nSPS) is 17.2. The lowest BCUT2D eigenvalue weighted by molar-refractivity contribution is 0.0526. The third-order valence-corrected chi connectivity index (χ3v) is 4.09. The smallest absolute Gasteiger partial charge is 0.255 e. The van der Waals surface area contributed by atoms with Gasteiger partial charge in [0.2, 0.25) is 11.8 Å². The van der Waals surface area contributed by atoms with Crippen molar-refractivity contribution in [1.29, 1.82) is 0 Å². The van der Waals surface area contributed by atoms with Crippen molar-refractivity contribution in [3.05, 3.63) is 41.5 Å². The standard InChI is InChI=1S/C18H22N4O3/c1-12-9-17(21-13(2)20-12)25-15-5-4-8-22(11-15)18(23)14-6-7-16(24-3)19-10-14/h6-7,9-10,15H,4-5,8,11H2,1-3H3/t15-/m0/s1. The molecule has 0 radical (unpaired) electrons. The number of piperidine rings is 1. The topological polar surface area (TPSA) is 77.4 Å². The van der Waals surface area contributed by atoms with Crippen molar-refractivity contribution in [2.75, 3.05) is 20.2 Å². The van der Waals surface area contributed by atoms with Crippen LogP contribution in [0.15, 0.2) is 24.4 Å². The Labute approximate surface area is 147 Å². The number of pyridine rings is 1. The molecule has 0 aromatic carbocycles. The molecule has 1 fully saturated rings. The lowest BCUT2D eigenvalue weighted by Gasteiger charge is -2.32. The van der Waals surface area contributed by atoms with Crippen LogP contribution < -0.4 is 9.47 Å². The van der Waals surface area contributed by atoms with Crippen LogP contribution in [0.25, 0.3) is 0 Å². The number of nitrogens with zero attached hydrogens (tertiary/aromatic N) is 4. The number of carbonyl (C=O) groups excluding carboxylic acids is 1. The SMILES string of the molecule is COc1ccc(C(=O)N2CCC[C@H](Oc3cc(C)nc(C)n3)C2)cn1. The average Bonchev–Trinajstić information content (AvgIpc) is 2.60. The minimum Gasteiger partial charge on any atom is -0.481 e. The summed E-state index contributed by atoms with van der Waals surface area (Å²) < 4.78 is 11.0. The van der Waals surface area contributed by atoms with Crippen molar-refractivity contribution >= 4 is 5.91 Å². The molecule has 7 nitrogen and oxygen atoms in total. The van der Waals surface area contributed by atoms with E-state index in [0.29, 0.717) is 36.2 Å². The third kappa shape index (κ3) is 4.23. The quantitative estimate of drug-likeness (QED) is 0.847. The Kier molecular flexibility index (Phi) is 5.11. The first kappa shape index (κ1) is 17.1. The van der Waals surface area contributed by atoms with E-state index in [1.807, 2.05) is 19.9 Å². The van der Waals surface area contributed by atoms with Gasteiger partial charge in [0.1, 0.15) is 11.9 Å². The molecule has 1 atom stereocenters. The molecule has 25 heavy (non-hydrogen) atoms. The maximum absolute atomic E-state index is 12.7. The van der Waals surface area contributed by atoms with E-state index in [9.17, 15) is 4.79 Å². The Morgan fingerprint density at radius 2 is 2.08 bits per heavy atom. The van der Waals surface area contributed by atoms with Crippen LogP contribution in [0.3, 0.4) is 0 Å². The van der Waals surface area contributed by atoms with E-state index in [4.69, 9.17) is 9.47 Å². The first-order valence-corrected chi connectivity index (χ1v) is 8.33. The number of aromatic nitrogens is 3. The summed E-state index contributed by atoms with van der Waals surface area (Å²) in [5, 5.41) is 0. The fourth-order valence-electron chi connectivity index (χ4n) is 2.94. The Hall–Kier alpha value is -2.70. The Balaban J connectivity index is 1.66. The number of hydrogen-bond acceptors (Lipinski definition) is 6. The van der Waals surface area contributed by atoms with Crippen LogP contribution in [-0.4, -0.2) is 52.1 Å². The van der Waals surface area contributed by atoms with Gasteiger partial charge in [0, 0.05) is 30.6 Å². The summed E-state index contributed by atoms with van der Waals surface area (Å²) in [6.07, 6.45) is 3.26. The molecule has 0 N–H and O–H groups in total.